The molecule has 1 aromatic rings. The van der Waals surface area contributed by atoms with E-state index in [-0.39, 0.29) is 10.9 Å². The second-order valence-electron chi connectivity index (χ2n) is 7.20. The van der Waals surface area contributed by atoms with Gasteiger partial charge in [-0.3, -0.25) is 0 Å². The highest BCUT2D eigenvalue weighted by Gasteiger charge is 2.30. The molecule has 1 heterocycles. The summed E-state index contributed by atoms with van der Waals surface area (Å²) < 4.78 is 33.0. The van der Waals surface area contributed by atoms with Crippen LogP contribution in [-0.4, -0.2) is 44.1 Å². The first kappa shape index (κ1) is 18.7. The summed E-state index contributed by atoms with van der Waals surface area (Å²) in [5.74, 6) is 0. The second kappa shape index (κ2) is 7.11. The van der Waals surface area contributed by atoms with Crippen LogP contribution in [0.3, 0.4) is 0 Å². The van der Waals surface area contributed by atoms with Crippen LogP contribution in [0.2, 0.25) is 0 Å². The average Bonchev–Trinajstić information content (AvgIpc) is 2.45. The number of nitrogens with one attached hydrogen (secondary N) is 1. The van der Waals surface area contributed by atoms with Crippen LogP contribution in [-0.2, 0) is 14.8 Å². The number of hydrogen-bond acceptors (Lipinski definition) is 4. The topological polar surface area (TPSA) is 75.7 Å². The van der Waals surface area contributed by atoms with E-state index in [2.05, 4.69) is 4.72 Å². The SMILES string of the molecule is Cc1ccc(S(=O)(=O)NC2CCCN(C(=O)OC(C)(C)C)C2)cc1. The maximum absolute atomic E-state index is 12.5. The zero-order chi connectivity index (χ0) is 18.0. The van der Waals surface area contributed by atoms with Crippen LogP contribution in [0, 0.1) is 6.92 Å². The first-order chi connectivity index (χ1) is 11.1. The van der Waals surface area contributed by atoms with E-state index in [9.17, 15) is 13.2 Å². The maximum atomic E-state index is 12.5. The summed E-state index contributed by atoms with van der Waals surface area (Å²) in [6, 6.07) is 6.40. The molecule has 1 unspecified atom stereocenters. The molecular weight excluding hydrogens is 328 g/mol. The van der Waals surface area contributed by atoms with Gasteiger partial charge in [0.2, 0.25) is 10.0 Å². The number of carbonyl (C=O) groups is 1. The van der Waals surface area contributed by atoms with Crippen molar-refractivity contribution < 1.29 is 17.9 Å². The molecular formula is C17H26N2O4S. The first-order valence-corrected chi connectivity index (χ1v) is 9.62. The van der Waals surface area contributed by atoms with Crippen molar-refractivity contribution in [1.29, 1.82) is 0 Å². The summed E-state index contributed by atoms with van der Waals surface area (Å²) in [5, 5.41) is 0. The maximum Gasteiger partial charge on any atom is 0.410 e. The van der Waals surface area contributed by atoms with Gasteiger partial charge in [0.1, 0.15) is 5.60 Å². The summed E-state index contributed by atoms with van der Waals surface area (Å²) >= 11 is 0. The van der Waals surface area contributed by atoms with Gasteiger partial charge in [-0.1, -0.05) is 17.7 Å². The lowest BCUT2D eigenvalue weighted by Gasteiger charge is -2.34. The molecule has 0 radical (unpaired) electrons. The Morgan fingerprint density at radius 3 is 2.46 bits per heavy atom. The number of aryl methyl sites for hydroxylation is 1. The Hall–Kier alpha value is -1.60. The number of piperidine rings is 1. The zero-order valence-electron chi connectivity index (χ0n) is 14.7. The van der Waals surface area contributed by atoms with E-state index in [0.717, 1.165) is 12.0 Å². The highest BCUT2D eigenvalue weighted by Crippen LogP contribution is 2.18. The van der Waals surface area contributed by atoms with Crippen LogP contribution in [0.1, 0.15) is 39.2 Å². The molecule has 0 bridgehead atoms. The van der Waals surface area contributed by atoms with Gasteiger partial charge in [0.05, 0.1) is 4.90 Å². The number of hydrogen-bond donors (Lipinski definition) is 1. The number of rotatable bonds is 3. The molecule has 1 fully saturated rings. The molecule has 24 heavy (non-hydrogen) atoms. The van der Waals surface area contributed by atoms with Crippen LogP contribution < -0.4 is 4.72 Å². The van der Waals surface area contributed by atoms with Crippen molar-refractivity contribution in [3.8, 4) is 0 Å². The third-order valence-corrected chi connectivity index (χ3v) is 5.26. The Morgan fingerprint density at radius 1 is 1.25 bits per heavy atom. The Kier molecular flexibility index (Phi) is 5.55. The molecule has 0 spiro atoms. The number of likely N-dealkylation sites (tertiary alicyclic amines) is 1. The number of sulfonamides is 1. The van der Waals surface area contributed by atoms with Crippen LogP contribution in [0.5, 0.6) is 0 Å². The number of ether oxygens (including phenoxy) is 1. The molecule has 1 saturated heterocycles. The predicted octanol–water partition coefficient (Wildman–Crippen LogP) is 2.67. The smallest absolute Gasteiger partial charge is 0.410 e. The van der Waals surface area contributed by atoms with Gasteiger partial charge in [0.25, 0.3) is 0 Å². The van der Waals surface area contributed by atoms with E-state index in [0.29, 0.717) is 19.5 Å². The fraction of sp³-hybridized carbons (Fsp3) is 0.588. The fourth-order valence-corrected chi connectivity index (χ4v) is 3.83. The van der Waals surface area contributed by atoms with E-state index in [1.807, 2.05) is 27.7 Å². The van der Waals surface area contributed by atoms with Gasteiger partial charge in [-0.2, -0.15) is 0 Å². The predicted molar refractivity (Wildman–Crippen MR) is 92.3 cm³/mol. The summed E-state index contributed by atoms with van der Waals surface area (Å²) in [5.41, 5.74) is 0.438. The van der Waals surface area contributed by atoms with Crippen molar-refractivity contribution in [2.24, 2.45) is 0 Å². The molecule has 7 heteroatoms. The highest BCUT2D eigenvalue weighted by molar-refractivity contribution is 7.89. The van der Waals surface area contributed by atoms with E-state index < -0.39 is 21.7 Å². The van der Waals surface area contributed by atoms with E-state index >= 15 is 0 Å². The standard InChI is InChI=1S/C17H26N2O4S/c1-13-7-9-15(10-8-13)24(21,22)18-14-6-5-11-19(12-14)16(20)23-17(2,3)4/h7-10,14,18H,5-6,11-12H2,1-4H3. The number of nitrogens with zero attached hydrogens (tertiary/aromatic N) is 1. The Balaban J connectivity index is 2.02. The molecule has 1 N–H and O–H groups in total. The molecule has 1 aliphatic heterocycles. The monoisotopic (exact) mass is 354 g/mol. The molecule has 0 saturated carbocycles. The van der Waals surface area contributed by atoms with Crippen molar-refractivity contribution in [3.05, 3.63) is 29.8 Å². The summed E-state index contributed by atoms with van der Waals surface area (Å²) in [6.45, 7) is 8.24. The fourth-order valence-electron chi connectivity index (χ4n) is 2.57. The largest absolute Gasteiger partial charge is 0.444 e. The molecule has 1 amide bonds. The third kappa shape index (κ3) is 5.21. The Labute approximate surface area is 144 Å². The van der Waals surface area contributed by atoms with E-state index in [1.165, 1.54) is 0 Å². The number of amides is 1. The van der Waals surface area contributed by atoms with Gasteiger partial charge < -0.3 is 9.64 Å². The first-order valence-electron chi connectivity index (χ1n) is 8.14. The quantitative estimate of drug-likeness (QED) is 0.905. The van der Waals surface area contributed by atoms with Crippen molar-refractivity contribution in [2.75, 3.05) is 13.1 Å². The van der Waals surface area contributed by atoms with Gasteiger partial charge in [0.15, 0.2) is 0 Å². The third-order valence-electron chi connectivity index (χ3n) is 3.73. The van der Waals surface area contributed by atoms with Crippen molar-refractivity contribution in [2.45, 2.75) is 57.1 Å². The van der Waals surface area contributed by atoms with Gasteiger partial charge in [-0.05, 0) is 52.7 Å². The minimum absolute atomic E-state index is 0.238. The Morgan fingerprint density at radius 2 is 1.88 bits per heavy atom. The lowest BCUT2D eigenvalue weighted by Crippen LogP contribution is -2.50. The van der Waals surface area contributed by atoms with Crippen molar-refractivity contribution >= 4 is 16.1 Å². The van der Waals surface area contributed by atoms with Gasteiger partial charge in [0, 0.05) is 19.1 Å². The van der Waals surface area contributed by atoms with Crippen molar-refractivity contribution in [3.63, 3.8) is 0 Å². The number of benzene rings is 1. The lowest BCUT2D eigenvalue weighted by atomic mass is 10.1. The van der Waals surface area contributed by atoms with Crippen LogP contribution in [0.25, 0.3) is 0 Å². The van der Waals surface area contributed by atoms with E-state index in [4.69, 9.17) is 4.74 Å². The van der Waals surface area contributed by atoms with Crippen LogP contribution >= 0.6 is 0 Å². The summed E-state index contributed by atoms with van der Waals surface area (Å²) in [4.78, 5) is 14.0. The molecule has 6 nitrogen and oxygen atoms in total. The Bertz CT molecular complexity index is 678. The van der Waals surface area contributed by atoms with Gasteiger partial charge >= 0.3 is 6.09 Å². The second-order valence-corrected chi connectivity index (χ2v) is 8.91. The summed E-state index contributed by atoms with van der Waals surface area (Å²) in [6.07, 6.45) is 1.03. The summed E-state index contributed by atoms with van der Waals surface area (Å²) in [7, 11) is -3.59. The molecule has 1 aliphatic rings. The van der Waals surface area contributed by atoms with E-state index in [1.54, 1.807) is 29.2 Å². The van der Waals surface area contributed by atoms with Gasteiger partial charge in [-0.25, -0.2) is 17.9 Å². The zero-order valence-corrected chi connectivity index (χ0v) is 15.5. The molecule has 1 atom stereocenters. The lowest BCUT2D eigenvalue weighted by molar-refractivity contribution is 0.0195. The minimum Gasteiger partial charge on any atom is -0.444 e. The minimum atomic E-state index is -3.59. The van der Waals surface area contributed by atoms with Crippen molar-refractivity contribution in [1.82, 2.24) is 9.62 Å². The number of carbonyl (C=O) groups excluding carboxylic acids is 1. The highest BCUT2D eigenvalue weighted by atomic mass is 32.2. The van der Waals surface area contributed by atoms with Gasteiger partial charge in [-0.15, -0.1) is 0 Å². The average molecular weight is 354 g/mol. The van der Waals surface area contributed by atoms with Crippen LogP contribution in [0.4, 0.5) is 4.79 Å². The normalized spacial score (nSPS) is 19.2. The molecule has 2 rings (SSSR count). The molecule has 0 aliphatic carbocycles. The molecule has 134 valence electrons. The van der Waals surface area contributed by atoms with Crippen LogP contribution in [0.15, 0.2) is 29.2 Å². The molecule has 0 aromatic heterocycles. The molecule has 1 aromatic carbocycles.